The molecule has 1 aliphatic carbocycles. The van der Waals surface area contributed by atoms with Crippen molar-refractivity contribution in [2.45, 2.75) is 36.2 Å². The van der Waals surface area contributed by atoms with Crippen molar-refractivity contribution in [1.29, 1.82) is 0 Å². The van der Waals surface area contributed by atoms with E-state index < -0.39 is 0 Å². The van der Waals surface area contributed by atoms with E-state index >= 15 is 0 Å². The fourth-order valence-electron chi connectivity index (χ4n) is 2.13. The number of alkyl halides is 1. The lowest BCUT2D eigenvalue weighted by Crippen LogP contribution is -2.37. The number of rotatable bonds is 4. The van der Waals surface area contributed by atoms with Crippen LogP contribution >= 0.6 is 23.4 Å². The third kappa shape index (κ3) is 2.61. The van der Waals surface area contributed by atoms with Gasteiger partial charge in [-0.05, 0) is 19.1 Å². The van der Waals surface area contributed by atoms with Gasteiger partial charge in [0.25, 0.3) is 0 Å². The number of anilines is 1. The van der Waals surface area contributed by atoms with Gasteiger partial charge in [0, 0.05) is 11.9 Å². The normalized spacial score (nSPS) is 18.6. The Morgan fingerprint density at radius 1 is 1.44 bits per heavy atom. The first-order valence-electron chi connectivity index (χ1n) is 5.48. The molecule has 1 aromatic heterocycles. The second kappa shape index (κ2) is 5.23. The highest BCUT2D eigenvalue weighted by Crippen LogP contribution is 2.33. The highest BCUT2D eigenvalue weighted by atomic mass is 35.5. The number of thioether (sulfide) groups is 1. The van der Waals surface area contributed by atoms with Gasteiger partial charge in [0.15, 0.2) is 0 Å². The van der Waals surface area contributed by atoms with Gasteiger partial charge in [-0.2, -0.15) is 0 Å². The molecule has 1 aliphatic rings. The Morgan fingerprint density at radius 3 is 2.81 bits per heavy atom. The van der Waals surface area contributed by atoms with Crippen LogP contribution in [-0.2, 0) is 0 Å². The average molecular weight is 258 g/mol. The third-order valence-corrected chi connectivity index (χ3v) is 4.21. The maximum atomic E-state index is 6.08. The van der Waals surface area contributed by atoms with E-state index in [1.54, 1.807) is 18.1 Å². The van der Waals surface area contributed by atoms with Crippen LogP contribution in [0.15, 0.2) is 17.4 Å². The van der Waals surface area contributed by atoms with Crippen molar-refractivity contribution in [1.82, 2.24) is 9.97 Å². The molecule has 0 amide bonds. The van der Waals surface area contributed by atoms with Gasteiger partial charge in [0.05, 0.1) is 5.54 Å². The van der Waals surface area contributed by atoms with Gasteiger partial charge in [-0.15, -0.1) is 23.4 Å². The van der Waals surface area contributed by atoms with Crippen molar-refractivity contribution < 1.29 is 0 Å². The smallest absolute Gasteiger partial charge is 0.130 e. The molecule has 1 N–H and O–H groups in total. The van der Waals surface area contributed by atoms with Crippen LogP contribution in [0.2, 0.25) is 0 Å². The standard InChI is InChI=1S/C11H16ClN3S/c1-16-10-6-9(13-8-14-10)15-11(7-12)4-2-3-5-11/h6,8H,2-5,7H2,1H3,(H,13,14,15). The van der Waals surface area contributed by atoms with E-state index in [0.29, 0.717) is 5.88 Å². The molecule has 0 radical (unpaired) electrons. The molecule has 0 bridgehead atoms. The van der Waals surface area contributed by atoms with Crippen molar-refractivity contribution >= 4 is 29.2 Å². The minimum atomic E-state index is 0.0472. The van der Waals surface area contributed by atoms with Crippen LogP contribution in [0.1, 0.15) is 25.7 Å². The number of hydrogen-bond acceptors (Lipinski definition) is 4. The predicted octanol–water partition coefficient (Wildman–Crippen LogP) is 3.16. The van der Waals surface area contributed by atoms with Crippen LogP contribution in [0.3, 0.4) is 0 Å². The topological polar surface area (TPSA) is 37.8 Å². The Balaban J connectivity index is 2.12. The molecule has 1 saturated carbocycles. The maximum Gasteiger partial charge on any atom is 0.130 e. The van der Waals surface area contributed by atoms with E-state index in [2.05, 4.69) is 15.3 Å². The molecule has 0 aromatic carbocycles. The minimum absolute atomic E-state index is 0.0472. The van der Waals surface area contributed by atoms with Crippen LogP contribution < -0.4 is 5.32 Å². The molecule has 3 nitrogen and oxygen atoms in total. The number of halogens is 1. The van der Waals surface area contributed by atoms with Gasteiger partial charge in [-0.25, -0.2) is 9.97 Å². The summed E-state index contributed by atoms with van der Waals surface area (Å²) in [5.74, 6) is 1.54. The summed E-state index contributed by atoms with van der Waals surface area (Å²) in [6, 6.07) is 1.98. The van der Waals surface area contributed by atoms with Crippen molar-refractivity contribution in [3.05, 3.63) is 12.4 Å². The monoisotopic (exact) mass is 257 g/mol. The molecule has 1 aromatic rings. The number of nitrogens with one attached hydrogen (secondary N) is 1. The van der Waals surface area contributed by atoms with Crippen molar-refractivity contribution in [3.63, 3.8) is 0 Å². The van der Waals surface area contributed by atoms with Gasteiger partial charge in [-0.1, -0.05) is 12.8 Å². The van der Waals surface area contributed by atoms with Gasteiger partial charge >= 0.3 is 0 Å². The molecule has 0 spiro atoms. The highest BCUT2D eigenvalue weighted by molar-refractivity contribution is 7.98. The van der Waals surface area contributed by atoms with Crippen molar-refractivity contribution in [3.8, 4) is 0 Å². The van der Waals surface area contributed by atoms with Gasteiger partial charge in [0.2, 0.25) is 0 Å². The summed E-state index contributed by atoms with van der Waals surface area (Å²) in [5, 5.41) is 4.47. The van der Waals surface area contributed by atoms with E-state index in [0.717, 1.165) is 23.7 Å². The fraction of sp³-hybridized carbons (Fsp3) is 0.636. The maximum absolute atomic E-state index is 6.08. The quantitative estimate of drug-likeness (QED) is 0.511. The summed E-state index contributed by atoms with van der Waals surface area (Å²) in [6.07, 6.45) is 8.38. The molecule has 0 aliphatic heterocycles. The zero-order chi connectivity index (χ0) is 11.4. The van der Waals surface area contributed by atoms with Crippen LogP contribution in [-0.4, -0.2) is 27.6 Å². The Bertz CT molecular complexity index is 353. The summed E-state index contributed by atoms with van der Waals surface area (Å²) in [6.45, 7) is 0. The van der Waals surface area contributed by atoms with Gasteiger partial charge in [-0.3, -0.25) is 0 Å². The van der Waals surface area contributed by atoms with Crippen molar-refractivity contribution in [2.75, 3.05) is 17.5 Å². The molecule has 1 fully saturated rings. The molecule has 16 heavy (non-hydrogen) atoms. The van der Waals surface area contributed by atoms with Gasteiger partial charge in [0.1, 0.15) is 17.2 Å². The lowest BCUT2D eigenvalue weighted by molar-refractivity contribution is 0.537. The lowest BCUT2D eigenvalue weighted by atomic mass is 10.0. The van der Waals surface area contributed by atoms with Crippen LogP contribution in [0.4, 0.5) is 5.82 Å². The Labute approximate surface area is 105 Å². The average Bonchev–Trinajstić information content (AvgIpc) is 2.78. The molecule has 2 rings (SSSR count). The Morgan fingerprint density at radius 2 is 2.19 bits per heavy atom. The van der Waals surface area contributed by atoms with E-state index in [1.807, 2.05) is 12.3 Å². The number of hydrogen-bond donors (Lipinski definition) is 1. The molecular formula is C11H16ClN3S. The number of nitrogens with zero attached hydrogens (tertiary/aromatic N) is 2. The lowest BCUT2D eigenvalue weighted by Gasteiger charge is -2.28. The molecule has 0 atom stereocenters. The first kappa shape index (κ1) is 12.0. The highest BCUT2D eigenvalue weighted by Gasteiger charge is 2.33. The molecule has 88 valence electrons. The van der Waals surface area contributed by atoms with Crippen LogP contribution in [0.25, 0.3) is 0 Å². The number of aromatic nitrogens is 2. The molecule has 0 saturated heterocycles. The molecule has 0 unspecified atom stereocenters. The summed E-state index contributed by atoms with van der Waals surface area (Å²) in [5.41, 5.74) is 0.0472. The SMILES string of the molecule is CSc1cc(NC2(CCl)CCCC2)ncn1. The largest absolute Gasteiger partial charge is 0.363 e. The molecular weight excluding hydrogens is 242 g/mol. The van der Waals surface area contributed by atoms with E-state index in [-0.39, 0.29) is 5.54 Å². The Hall–Kier alpha value is -0.480. The van der Waals surface area contributed by atoms with E-state index in [9.17, 15) is 0 Å². The summed E-state index contributed by atoms with van der Waals surface area (Å²) >= 11 is 7.70. The Kier molecular flexibility index (Phi) is 3.92. The first-order chi connectivity index (χ1) is 7.78. The summed E-state index contributed by atoms with van der Waals surface area (Å²) < 4.78 is 0. The zero-order valence-corrected chi connectivity index (χ0v) is 10.9. The van der Waals surface area contributed by atoms with Crippen molar-refractivity contribution in [2.24, 2.45) is 0 Å². The minimum Gasteiger partial charge on any atom is -0.363 e. The van der Waals surface area contributed by atoms with E-state index in [4.69, 9.17) is 11.6 Å². The fourth-order valence-corrected chi connectivity index (χ4v) is 2.85. The molecule has 5 heteroatoms. The third-order valence-electron chi connectivity index (χ3n) is 3.06. The second-order valence-corrected chi connectivity index (χ2v) is 5.29. The summed E-state index contributed by atoms with van der Waals surface area (Å²) in [7, 11) is 0. The zero-order valence-electron chi connectivity index (χ0n) is 9.37. The van der Waals surface area contributed by atoms with Crippen LogP contribution in [0, 0.1) is 0 Å². The molecule has 1 heterocycles. The first-order valence-corrected chi connectivity index (χ1v) is 7.24. The summed E-state index contributed by atoms with van der Waals surface area (Å²) in [4.78, 5) is 8.41. The van der Waals surface area contributed by atoms with Crippen LogP contribution in [0.5, 0.6) is 0 Å². The van der Waals surface area contributed by atoms with Gasteiger partial charge < -0.3 is 5.32 Å². The van der Waals surface area contributed by atoms with E-state index in [1.165, 1.54) is 12.8 Å². The predicted molar refractivity (Wildman–Crippen MR) is 69.4 cm³/mol. The second-order valence-electron chi connectivity index (χ2n) is 4.19.